The number of rotatable bonds is 3. The second-order valence-corrected chi connectivity index (χ2v) is 4.73. The Kier molecular flexibility index (Phi) is 3.81. The van der Waals surface area contributed by atoms with Crippen molar-refractivity contribution in [1.82, 2.24) is 0 Å². The van der Waals surface area contributed by atoms with Gasteiger partial charge in [0.25, 0.3) is 0 Å². The second-order valence-electron chi connectivity index (χ2n) is 4.73. The Morgan fingerprint density at radius 3 is 2.70 bits per heavy atom. The van der Waals surface area contributed by atoms with Gasteiger partial charge in [0, 0.05) is 17.7 Å². The topological polar surface area (TPSA) is 90.9 Å². The predicted molar refractivity (Wildman–Crippen MR) is 75.1 cm³/mol. The first-order valence-corrected chi connectivity index (χ1v) is 6.18. The van der Waals surface area contributed by atoms with Gasteiger partial charge in [-0.25, -0.2) is 0 Å². The maximum Gasteiger partial charge on any atom is 0.196 e. The van der Waals surface area contributed by atoms with Gasteiger partial charge in [0.2, 0.25) is 0 Å². The average molecular weight is 276 g/mol. The van der Waals surface area contributed by atoms with Crippen LogP contribution in [0.4, 0.5) is 0 Å². The van der Waals surface area contributed by atoms with Gasteiger partial charge >= 0.3 is 0 Å². The zero-order valence-corrected chi connectivity index (χ0v) is 11.3. The molecule has 0 bridgehead atoms. The number of benzene rings is 1. The lowest BCUT2D eigenvalue weighted by molar-refractivity contribution is 0.331. The fourth-order valence-electron chi connectivity index (χ4n) is 1.99. The van der Waals surface area contributed by atoms with E-state index in [2.05, 4.69) is 0 Å². The van der Waals surface area contributed by atoms with Crippen LogP contribution in [0.2, 0.25) is 0 Å². The van der Waals surface area contributed by atoms with E-state index in [0.29, 0.717) is 11.3 Å². The molecule has 1 aromatic heterocycles. The van der Waals surface area contributed by atoms with Crippen LogP contribution in [0.5, 0.6) is 11.5 Å². The maximum atomic E-state index is 11.9. The molecule has 5 nitrogen and oxygen atoms in total. The fourth-order valence-corrected chi connectivity index (χ4v) is 1.99. The molecule has 0 saturated carbocycles. The highest BCUT2D eigenvalue weighted by Gasteiger charge is 2.16. The molecule has 1 heterocycles. The van der Waals surface area contributed by atoms with Crippen LogP contribution in [-0.2, 0) is 6.42 Å². The van der Waals surface area contributed by atoms with E-state index in [4.69, 9.17) is 9.52 Å². The minimum absolute atomic E-state index is 0.0541. The first kappa shape index (κ1) is 14.1. The summed E-state index contributed by atoms with van der Waals surface area (Å²) in [7, 11) is 0. The first-order chi connectivity index (χ1) is 9.43. The van der Waals surface area contributed by atoms with Crippen molar-refractivity contribution < 1.29 is 19.7 Å². The third kappa shape index (κ3) is 2.53. The van der Waals surface area contributed by atoms with E-state index in [0.717, 1.165) is 0 Å². The van der Waals surface area contributed by atoms with E-state index in [1.807, 2.05) is 0 Å². The van der Waals surface area contributed by atoms with Gasteiger partial charge in [-0.2, -0.15) is 0 Å². The van der Waals surface area contributed by atoms with Gasteiger partial charge in [0.15, 0.2) is 5.43 Å². The van der Waals surface area contributed by atoms with Gasteiger partial charge < -0.3 is 19.7 Å². The highest BCUT2D eigenvalue weighted by molar-refractivity contribution is 5.86. The lowest BCUT2D eigenvalue weighted by atomic mass is 10.0. The zero-order valence-electron chi connectivity index (χ0n) is 11.3. The molecule has 1 aromatic carbocycles. The minimum Gasteiger partial charge on any atom is -0.507 e. The van der Waals surface area contributed by atoms with Crippen molar-refractivity contribution in [1.29, 1.82) is 0 Å². The van der Waals surface area contributed by atoms with Crippen LogP contribution in [0.1, 0.15) is 18.2 Å². The predicted octanol–water partition coefficient (Wildman–Crippen LogP) is 1.99. The van der Waals surface area contributed by atoms with E-state index < -0.39 is 0 Å². The van der Waals surface area contributed by atoms with Crippen LogP contribution in [0.25, 0.3) is 11.0 Å². The molecular formula is C15H16O5. The van der Waals surface area contributed by atoms with Gasteiger partial charge in [-0.15, -0.1) is 0 Å². The molecule has 0 amide bonds. The molecule has 5 heteroatoms. The van der Waals surface area contributed by atoms with Crippen molar-refractivity contribution in [3.8, 4) is 11.5 Å². The van der Waals surface area contributed by atoms with E-state index >= 15 is 0 Å². The van der Waals surface area contributed by atoms with E-state index in [1.54, 1.807) is 19.9 Å². The molecule has 0 aliphatic heterocycles. The summed E-state index contributed by atoms with van der Waals surface area (Å²) >= 11 is 0. The summed E-state index contributed by atoms with van der Waals surface area (Å²) in [5.41, 5.74) is 0.739. The van der Waals surface area contributed by atoms with Gasteiger partial charge in [-0.3, -0.25) is 4.79 Å². The zero-order chi connectivity index (χ0) is 14.9. The molecule has 0 spiro atoms. The summed E-state index contributed by atoms with van der Waals surface area (Å²) in [6, 6.07) is 2.61. The third-order valence-corrected chi connectivity index (χ3v) is 3.10. The number of aromatic hydroxyl groups is 2. The SMILES string of the molecule is CC(=CCc1c(O)cc2oc(C)cc(=O)c2c1O)CO. The first-order valence-electron chi connectivity index (χ1n) is 6.18. The molecule has 0 atom stereocenters. The van der Waals surface area contributed by atoms with Crippen molar-refractivity contribution >= 4 is 11.0 Å². The fraction of sp³-hybridized carbons (Fsp3) is 0.267. The molecule has 20 heavy (non-hydrogen) atoms. The van der Waals surface area contributed by atoms with Gasteiger partial charge in [0.1, 0.15) is 28.2 Å². The Balaban J connectivity index is 2.66. The lowest BCUT2D eigenvalue weighted by Crippen LogP contribution is -2.02. The summed E-state index contributed by atoms with van der Waals surface area (Å²) in [5.74, 6) is -0.0217. The number of allylic oxidation sites excluding steroid dienone is 1. The second kappa shape index (κ2) is 5.38. The monoisotopic (exact) mass is 276 g/mol. The molecule has 2 aromatic rings. The number of aliphatic hydroxyl groups is 1. The number of hydrogen-bond donors (Lipinski definition) is 3. The van der Waals surface area contributed by atoms with Crippen molar-refractivity contribution in [2.75, 3.05) is 6.61 Å². The quantitative estimate of drug-likeness (QED) is 0.746. The molecule has 2 rings (SSSR count). The highest BCUT2D eigenvalue weighted by Crippen LogP contribution is 2.34. The van der Waals surface area contributed by atoms with Gasteiger partial charge in [0.05, 0.1) is 6.61 Å². The van der Waals surface area contributed by atoms with Crippen LogP contribution >= 0.6 is 0 Å². The summed E-state index contributed by atoms with van der Waals surface area (Å²) in [5, 5.41) is 29.1. The minimum atomic E-state index is -0.356. The number of aliphatic hydroxyl groups excluding tert-OH is 1. The van der Waals surface area contributed by atoms with E-state index in [9.17, 15) is 15.0 Å². The molecule has 3 N–H and O–H groups in total. The number of phenols is 2. The molecule has 0 saturated heterocycles. The van der Waals surface area contributed by atoms with Crippen LogP contribution in [0.3, 0.4) is 0 Å². The van der Waals surface area contributed by atoms with Crippen LogP contribution in [0, 0.1) is 6.92 Å². The summed E-state index contributed by atoms with van der Waals surface area (Å²) in [4.78, 5) is 11.9. The van der Waals surface area contributed by atoms with Crippen molar-refractivity contribution in [3.05, 3.63) is 45.3 Å². The molecule has 0 fully saturated rings. The number of fused-ring (bicyclic) bond motifs is 1. The highest BCUT2D eigenvalue weighted by atomic mass is 16.3. The van der Waals surface area contributed by atoms with Crippen LogP contribution in [-0.4, -0.2) is 21.9 Å². The largest absolute Gasteiger partial charge is 0.507 e. The molecule has 0 aliphatic carbocycles. The Bertz CT molecular complexity index is 740. The Hall–Kier alpha value is -2.27. The number of aryl methyl sites for hydroxylation is 1. The normalized spacial score (nSPS) is 12.1. The summed E-state index contributed by atoms with van der Waals surface area (Å²) in [6.07, 6.45) is 1.89. The Morgan fingerprint density at radius 2 is 2.05 bits per heavy atom. The lowest BCUT2D eigenvalue weighted by Gasteiger charge is -2.09. The number of phenolic OH excluding ortho intramolecular Hbond substituents is 2. The molecule has 0 aliphatic rings. The van der Waals surface area contributed by atoms with E-state index in [1.165, 1.54) is 12.1 Å². The molecule has 106 valence electrons. The van der Waals surface area contributed by atoms with Gasteiger partial charge in [-0.05, 0) is 20.3 Å². The van der Waals surface area contributed by atoms with Crippen molar-refractivity contribution in [2.24, 2.45) is 0 Å². The molecule has 0 radical (unpaired) electrons. The van der Waals surface area contributed by atoms with Gasteiger partial charge in [-0.1, -0.05) is 11.6 Å². The van der Waals surface area contributed by atoms with Crippen molar-refractivity contribution in [2.45, 2.75) is 20.3 Å². The Labute approximate surface area is 115 Å². The summed E-state index contributed by atoms with van der Waals surface area (Å²) < 4.78 is 5.33. The molecule has 0 unspecified atom stereocenters. The third-order valence-electron chi connectivity index (χ3n) is 3.10. The average Bonchev–Trinajstić information content (AvgIpc) is 2.36. The maximum absolute atomic E-state index is 11.9. The van der Waals surface area contributed by atoms with Crippen LogP contribution < -0.4 is 5.43 Å². The number of hydrogen-bond acceptors (Lipinski definition) is 5. The molecular weight excluding hydrogens is 260 g/mol. The summed E-state index contributed by atoms with van der Waals surface area (Å²) in [6.45, 7) is 3.25. The Morgan fingerprint density at radius 1 is 1.35 bits per heavy atom. The van der Waals surface area contributed by atoms with Crippen molar-refractivity contribution in [3.63, 3.8) is 0 Å². The van der Waals surface area contributed by atoms with Crippen LogP contribution in [0.15, 0.2) is 33.0 Å². The smallest absolute Gasteiger partial charge is 0.196 e. The van der Waals surface area contributed by atoms with E-state index in [-0.39, 0.29) is 46.5 Å². The standard InChI is InChI=1S/C15H16O5/c1-8(7-16)3-4-10-11(17)6-13-14(15(10)19)12(18)5-9(2)20-13/h3,5-6,16-17,19H,4,7H2,1-2H3.